The van der Waals surface area contributed by atoms with Gasteiger partial charge in [-0.05, 0) is 38.0 Å². The van der Waals surface area contributed by atoms with Gasteiger partial charge in [-0.2, -0.15) is 0 Å². The van der Waals surface area contributed by atoms with E-state index in [-0.39, 0.29) is 24.2 Å². The van der Waals surface area contributed by atoms with Gasteiger partial charge in [0.2, 0.25) is 5.88 Å². The number of amides is 2. The average Bonchev–Trinajstić information content (AvgIpc) is 2.89. The molecule has 1 aromatic heterocycles. The molecular weight excluding hydrogens is 314 g/mol. The van der Waals surface area contributed by atoms with Crippen LogP contribution in [0.15, 0.2) is 48.7 Å². The number of hydrogen-bond donors (Lipinski definition) is 1. The SMILES string of the molecule is Cc1ccc(NC(=O)N2C3CCC2CC(Oc2ccccn2)C3)cc1. The van der Waals surface area contributed by atoms with Gasteiger partial charge in [0.05, 0.1) is 0 Å². The van der Waals surface area contributed by atoms with Crippen LogP contribution in [0.1, 0.15) is 31.2 Å². The van der Waals surface area contributed by atoms with Crippen molar-refractivity contribution in [2.75, 3.05) is 5.32 Å². The fourth-order valence-corrected chi connectivity index (χ4v) is 3.97. The second-order valence-corrected chi connectivity index (χ2v) is 6.97. The zero-order valence-electron chi connectivity index (χ0n) is 14.4. The Morgan fingerprint density at radius 1 is 1.12 bits per heavy atom. The Hall–Kier alpha value is -2.56. The van der Waals surface area contributed by atoms with E-state index < -0.39 is 0 Å². The standard InChI is InChI=1S/C20H23N3O2/c1-14-5-7-15(8-6-14)22-20(24)23-16-9-10-17(23)13-18(12-16)25-19-4-2-3-11-21-19/h2-8,11,16-18H,9-10,12-13H2,1H3,(H,22,24). The number of benzene rings is 1. The molecule has 2 amide bonds. The van der Waals surface area contributed by atoms with Crippen molar-refractivity contribution in [2.45, 2.75) is 50.8 Å². The molecule has 1 N–H and O–H groups in total. The van der Waals surface area contributed by atoms with Crippen molar-refractivity contribution in [1.82, 2.24) is 9.88 Å². The molecule has 2 aliphatic rings. The number of hydrogen-bond acceptors (Lipinski definition) is 3. The number of anilines is 1. The molecule has 0 spiro atoms. The van der Waals surface area contributed by atoms with Crippen LogP contribution in [0, 0.1) is 6.92 Å². The molecule has 130 valence electrons. The number of urea groups is 1. The van der Waals surface area contributed by atoms with E-state index >= 15 is 0 Å². The number of carbonyl (C=O) groups excluding carboxylic acids is 1. The Morgan fingerprint density at radius 3 is 2.48 bits per heavy atom. The van der Waals surface area contributed by atoms with E-state index in [1.807, 2.05) is 54.3 Å². The number of piperidine rings is 1. The van der Waals surface area contributed by atoms with Gasteiger partial charge >= 0.3 is 6.03 Å². The van der Waals surface area contributed by atoms with Crippen molar-refractivity contribution >= 4 is 11.7 Å². The highest BCUT2D eigenvalue weighted by Crippen LogP contribution is 2.37. The monoisotopic (exact) mass is 337 g/mol. The summed E-state index contributed by atoms with van der Waals surface area (Å²) in [7, 11) is 0. The minimum Gasteiger partial charge on any atom is -0.474 e. The summed E-state index contributed by atoms with van der Waals surface area (Å²) in [6.07, 6.45) is 5.72. The summed E-state index contributed by atoms with van der Waals surface area (Å²) in [6, 6.07) is 14.1. The van der Waals surface area contributed by atoms with Gasteiger partial charge in [0.1, 0.15) is 6.10 Å². The van der Waals surface area contributed by atoms with Crippen molar-refractivity contribution in [3.8, 4) is 5.88 Å². The van der Waals surface area contributed by atoms with E-state index in [9.17, 15) is 4.79 Å². The van der Waals surface area contributed by atoms with E-state index in [1.54, 1.807) is 6.20 Å². The first-order valence-electron chi connectivity index (χ1n) is 8.93. The largest absolute Gasteiger partial charge is 0.474 e. The van der Waals surface area contributed by atoms with Crippen molar-refractivity contribution in [1.29, 1.82) is 0 Å². The third-order valence-electron chi connectivity index (χ3n) is 5.15. The number of fused-ring (bicyclic) bond motifs is 2. The van der Waals surface area contributed by atoms with Gasteiger partial charge in [0.25, 0.3) is 0 Å². The molecule has 2 fully saturated rings. The molecule has 5 nitrogen and oxygen atoms in total. The molecule has 2 bridgehead atoms. The van der Waals surface area contributed by atoms with Gasteiger partial charge in [0.15, 0.2) is 0 Å². The molecule has 5 heteroatoms. The van der Waals surface area contributed by atoms with Gasteiger partial charge in [-0.3, -0.25) is 0 Å². The number of rotatable bonds is 3. The molecule has 2 atom stereocenters. The molecule has 0 saturated carbocycles. The second-order valence-electron chi connectivity index (χ2n) is 6.97. The average molecular weight is 337 g/mol. The lowest BCUT2D eigenvalue weighted by molar-refractivity contribution is 0.0704. The van der Waals surface area contributed by atoms with Crippen LogP contribution in [-0.2, 0) is 0 Å². The lowest BCUT2D eigenvalue weighted by Crippen LogP contribution is -2.50. The maximum absolute atomic E-state index is 12.7. The lowest BCUT2D eigenvalue weighted by Gasteiger charge is -2.38. The van der Waals surface area contributed by atoms with Crippen LogP contribution in [0.4, 0.5) is 10.5 Å². The Kier molecular flexibility index (Phi) is 4.30. The van der Waals surface area contributed by atoms with Crippen LogP contribution in [0.25, 0.3) is 0 Å². The number of nitrogens with one attached hydrogen (secondary N) is 1. The van der Waals surface area contributed by atoms with E-state index in [0.29, 0.717) is 5.88 Å². The molecular formula is C20H23N3O2. The van der Waals surface area contributed by atoms with Gasteiger partial charge in [-0.1, -0.05) is 23.8 Å². The first-order chi connectivity index (χ1) is 12.2. The van der Waals surface area contributed by atoms with Crippen LogP contribution in [0.2, 0.25) is 0 Å². The van der Waals surface area contributed by atoms with Gasteiger partial charge in [-0.25, -0.2) is 9.78 Å². The van der Waals surface area contributed by atoms with E-state index in [4.69, 9.17) is 4.74 Å². The molecule has 2 aromatic rings. The molecule has 25 heavy (non-hydrogen) atoms. The number of carbonyl (C=O) groups is 1. The third-order valence-corrected chi connectivity index (χ3v) is 5.15. The van der Waals surface area contributed by atoms with Crippen LogP contribution in [0.3, 0.4) is 0 Å². The zero-order chi connectivity index (χ0) is 17.2. The van der Waals surface area contributed by atoms with Crippen LogP contribution < -0.4 is 10.1 Å². The summed E-state index contributed by atoms with van der Waals surface area (Å²) in [5, 5.41) is 3.04. The number of aromatic nitrogens is 1. The van der Waals surface area contributed by atoms with Gasteiger partial charge in [0, 0.05) is 42.9 Å². The molecule has 2 unspecified atom stereocenters. The summed E-state index contributed by atoms with van der Waals surface area (Å²) >= 11 is 0. The van der Waals surface area contributed by atoms with Crippen LogP contribution in [0.5, 0.6) is 5.88 Å². The third kappa shape index (κ3) is 3.45. The molecule has 0 aliphatic carbocycles. The maximum Gasteiger partial charge on any atom is 0.322 e. The Balaban J connectivity index is 1.40. The highest BCUT2D eigenvalue weighted by molar-refractivity contribution is 5.90. The van der Waals surface area contributed by atoms with Gasteiger partial charge < -0.3 is 15.0 Å². The molecule has 4 rings (SSSR count). The van der Waals surface area contributed by atoms with Crippen molar-refractivity contribution in [3.05, 3.63) is 54.2 Å². The highest BCUT2D eigenvalue weighted by Gasteiger charge is 2.44. The second kappa shape index (κ2) is 6.75. The minimum atomic E-state index is 0.00707. The summed E-state index contributed by atoms with van der Waals surface area (Å²) in [4.78, 5) is 19.0. The predicted molar refractivity (Wildman–Crippen MR) is 96.7 cm³/mol. The minimum absolute atomic E-state index is 0.00707. The first kappa shape index (κ1) is 15.9. The molecule has 0 radical (unpaired) electrons. The Bertz CT molecular complexity index is 718. The highest BCUT2D eigenvalue weighted by atomic mass is 16.5. The van der Waals surface area contributed by atoms with Crippen LogP contribution >= 0.6 is 0 Å². The van der Waals surface area contributed by atoms with Crippen LogP contribution in [-0.4, -0.2) is 34.1 Å². The summed E-state index contributed by atoms with van der Waals surface area (Å²) in [6.45, 7) is 2.04. The van der Waals surface area contributed by atoms with E-state index in [1.165, 1.54) is 5.56 Å². The van der Waals surface area contributed by atoms with Crippen molar-refractivity contribution < 1.29 is 9.53 Å². The normalized spacial score (nSPS) is 24.8. The molecule has 2 aliphatic heterocycles. The maximum atomic E-state index is 12.7. The smallest absolute Gasteiger partial charge is 0.322 e. The Morgan fingerprint density at radius 2 is 1.84 bits per heavy atom. The number of ether oxygens (including phenoxy) is 1. The Labute approximate surface area is 148 Å². The van der Waals surface area contributed by atoms with Crippen molar-refractivity contribution in [2.24, 2.45) is 0 Å². The zero-order valence-corrected chi connectivity index (χ0v) is 14.4. The topological polar surface area (TPSA) is 54.5 Å². The summed E-state index contributed by atoms with van der Waals surface area (Å²) < 4.78 is 6.03. The summed E-state index contributed by atoms with van der Waals surface area (Å²) in [5.74, 6) is 0.671. The number of nitrogens with zero attached hydrogens (tertiary/aromatic N) is 2. The molecule has 2 saturated heterocycles. The predicted octanol–water partition coefficient (Wildman–Crippen LogP) is 4.00. The fourth-order valence-electron chi connectivity index (χ4n) is 3.97. The van der Waals surface area contributed by atoms with Crippen molar-refractivity contribution in [3.63, 3.8) is 0 Å². The fraction of sp³-hybridized carbons (Fsp3) is 0.400. The number of aryl methyl sites for hydroxylation is 1. The van der Waals surface area contributed by atoms with E-state index in [0.717, 1.165) is 31.4 Å². The molecule has 3 heterocycles. The first-order valence-corrected chi connectivity index (χ1v) is 8.93. The lowest BCUT2D eigenvalue weighted by atomic mass is 10.00. The summed E-state index contributed by atoms with van der Waals surface area (Å²) in [5.41, 5.74) is 2.03. The number of pyridine rings is 1. The molecule has 1 aromatic carbocycles. The quantitative estimate of drug-likeness (QED) is 0.921. The van der Waals surface area contributed by atoms with Gasteiger partial charge in [-0.15, -0.1) is 0 Å². The van der Waals surface area contributed by atoms with E-state index in [2.05, 4.69) is 10.3 Å².